The lowest BCUT2D eigenvalue weighted by Gasteiger charge is -2.14. The van der Waals surface area contributed by atoms with Crippen molar-refractivity contribution in [3.63, 3.8) is 0 Å². The molecule has 2 aromatic carbocycles. The standard InChI is InChI=1S/C20H18FN5O3/c1-12(22-23-19(27)16-8-3-4-9-17(16)25-29)18-13(2)24-26(20(18)28)15-7-5-6-14(10-15)11-21/h3-10,22H,11H2,1-2H3,(H,23,27)/b18-12-. The second kappa shape index (κ2) is 8.42. The summed E-state index contributed by atoms with van der Waals surface area (Å²) in [7, 11) is 0. The Balaban J connectivity index is 1.78. The molecular weight excluding hydrogens is 377 g/mol. The molecule has 0 saturated carbocycles. The SMILES string of the molecule is CC1=NN(c2cccc(CF)c2)C(=O)/C1=C(/C)NNC(=O)c1ccccc1N=O. The first-order chi connectivity index (χ1) is 14.0. The van der Waals surface area contributed by atoms with E-state index in [0.29, 0.717) is 22.7 Å². The van der Waals surface area contributed by atoms with Crippen molar-refractivity contribution in [3.8, 4) is 0 Å². The topological polar surface area (TPSA) is 103 Å². The number of benzene rings is 2. The number of nitrogens with zero attached hydrogens (tertiary/aromatic N) is 3. The summed E-state index contributed by atoms with van der Waals surface area (Å²) in [6.07, 6.45) is 0. The van der Waals surface area contributed by atoms with E-state index in [9.17, 15) is 18.9 Å². The summed E-state index contributed by atoms with van der Waals surface area (Å²) in [6, 6.07) is 12.6. The van der Waals surface area contributed by atoms with Gasteiger partial charge in [-0.2, -0.15) is 10.1 Å². The molecule has 3 rings (SSSR count). The summed E-state index contributed by atoms with van der Waals surface area (Å²) in [6.45, 7) is 2.62. The fourth-order valence-electron chi connectivity index (χ4n) is 2.91. The average molecular weight is 395 g/mol. The van der Waals surface area contributed by atoms with Gasteiger partial charge in [0.25, 0.3) is 11.8 Å². The minimum atomic E-state index is -0.648. The summed E-state index contributed by atoms with van der Waals surface area (Å²) in [5.74, 6) is -0.986. The fraction of sp³-hybridized carbons (Fsp3) is 0.150. The van der Waals surface area contributed by atoms with Crippen LogP contribution in [0.1, 0.15) is 29.8 Å². The van der Waals surface area contributed by atoms with Crippen LogP contribution < -0.4 is 15.9 Å². The van der Waals surface area contributed by atoms with E-state index in [0.717, 1.165) is 0 Å². The minimum absolute atomic E-state index is 0.00529. The van der Waals surface area contributed by atoms with E-state index in [2.05, 4.69) is 21.1 Å². The number of hydrogen-bond donors (Lipinski definition) is 2. The van der Waals surface area contributed by atoms with E-state index < -0.39 is 18.5 Å². The molecule has 0 spiro atoms. The third kappa shape index (κ3) is 4.03. The predicted octanol–water partition coefficient (Wildman–Crippen LogP) is 3.49. The van der Waals surface area contributed by atoms with Gasteiger partial charge in [-0.3, -0.25) is 15.0 Å². The van der Waals surface area contributed by atoms with Crippen LogP contribution in [0.3, 0.4) is 0 Å². The quantitative estimate of drug-likeness (QED) is 0.444. The number of hydrogen-bond acceptors (Lipinski definition) is 6. The summed E-state index contributed by atoms with van der Waals surface area (Å²) < 4.78 is 12.9. The van der Waals surface area contributed by atoms with Crippen molar-refractivity contribution < 1.29 is 14.0 Å². The highest BCUT2D eigenvalue weighted by Crippen LogP contribution is 2.26. The molecule has 2 amide bonds. The van der Waals surface area contributed by atoms with Gasteiger partial charge in [-0.05, 0) is 48.9 Å². The van der Waals surface area contributed by atoms with E-state index in [1.807, 2.05) is 0 Å². The average Bonchev–Trinajstić information content (AvgIpc) is 3.05. The molecule has 9 heteroatoms. The van der Waals surface area contributed by atoms with Crippen LogP contribution in [-0.2, 0) is 11.5 Å². The first kappa shape index (κ1) is 19.9. The molecule has 0 fully saturated rings. The first-order valence-corrected chi connectivity index (χ1v) is 8.70. The number of hydrazone groups is 1. The van der Waals surface area contributed by atoms with E-state index in [1.54, 1.807) is 50.2 Å². The van der Waals surface area contributed by atoms with Crippen LogP contribution in [0.5, 0.6) is 0 Å². The molecule has 0 atom stereocenters. The molecule has 0 saturated heterocycles. The lowest BCUT2D eigenvalue weighted by Crippen LogP contribution is -2.37. The van der Waals surface area contributed by atoms with E-state index in [4.69, 9.17) is 0 Å². The minimum Gasteiger partial charge on any atom is -0.302 e. The van der Waals surface area contributed by atoms with E-state index in [-0.39, 0.29) is 16.8 Å². The van der Waals surface area contributed by atoms with Crippen LogP contribution in [0.25, 0.3) is 0 Å². The molecule has 1 heterocycles. The van der Waals surface area contributed by atoms with Crippen LogP contribution in [0, 0.1) is 4.91 Å². The number of carbonyl (C=O) groups is 2. The Morgan fingerprint density at radius 2 is 1.93 bits per heavy atom. The molecule has 0 radical (unpaired) electrons. The van der Waals surface area contributed by atoms with Crippen LogP contribution >= 0.6 is 0 Å². The zero-order chi connectivity index (χ0) is 21.0. The molecule has 148 valence electrons. The highest BCUT2D eigenvalue weighted by molar-refractivity contribution is 6.30. The largest absolute Gasteiger partial charge is 0.302 e. The molecule has 29 heavy (non-hydrogen) atoms. The smallest absolute Gasteiger partial charge is 0.282 e. The Morgan fingerprint density at radius 1 is 1.17 bits per heavy atom. The Kier molecular flexibility index (Phi) is 5.77. The summed E-state index contributed by atoms with van der Waals surface area (Å²) in [4.78, 5) is 36.0. The van der Waals surface area contributed by atoms with Gasteiger partial charge in [0.2, 0.25) is 0 Å². The van der Waals surface area contributed by atoms with Gasteiger partial charge in [0.05, 0.1) is 22.5 Å². The second-order valence-electron chi connectivity index (χ2n) is 6.29. The fourth-order valence-corrected chi connectivity index (χ4v) is 2.91. The van der Waals surface area contributed by atoms with Gasteiger partial charge >= 0.3 is 0 Å². The summed E-state index contributed by atoms with van der Waals surface area (Å²) in [5, 5.41) is 8.25. The van der Waals surface area contributed by atoms with Crippen LogP contribution in [-0.4, -0.2) is 17.5 Å². The van der Waals surface area contributed by atoms with Crippen molar-refractivity contribution in [1.82, 2.24) is 10.9 Å². The van der Waals surface area contributed by atoms with Gasteiger partial charge in [0.1, 0.15) is 12.4 Å². The number of rotatable bonds is 6. The van der Waals surface area contributed by atoms with Gasteiger partial charge in [0.15, 0.2) is 0 Å². The van der Waals surface area contributed by atoms with Gasteiger partial charge in [-0.1, -0.05) is 24.3 Å². The normalized spacial score (nSPS) is 15.1. The zero-order valence-corrected chi connectivity index (χ0v) is 15.8. The predicted molar refractivity (Wildman–Crippen MR) is 107 cm³/mol. The third-order valence-corrected chi connectivity index (χ3v) is 4.31. The number of halogens is 1. The Hall–Kier alpha value is -3.88. The number of carbonyl (C=O) groups excluding carboxylic acids is 2. The van der Waals surface area contributed by atoms with Gasteiger partial charge < -0.3 is 5.43 Å². The van der Waals surface area contributed by atoms with Gasteiger partial charge in [-0.15, -0.1) is 4.91 Å². The van der Waals surface area contributed by atoms with Crippen LogP contribution in [0.2, 0.25) is 0 Å². The lowest BCUT2D eigenvalue weighted by atomic mass is 10.1. The van der Waals surface area contributed by atoms with E-state index >= 15 is 0 Å². The Labute approximate surface area is 166 Å². The van der Waals surface area contributed by atoms with Gasteiger partial charge in [0, 0.05) is 5.70 Å². The van der Waals surface area contributed by atoms with Crippen molar-refractivity contribution >= 4 is 28.9 Å². The Bertz CT molecular complexity index is 1050. The highest BCUT2D eigenvalue weighted by Gasteiger charge is 2.31. The molecule has 0 unspecified atom stereocenters. The number of allylic oxidation sites excluding steroid dienone is 1. The molecule has 1 aliphatic rings. The van der Waals surface area contributed by atoms with Crippen molar-refractivity contribution in [3.05, 3.63) is 75.8 Å². The second-order valence-corrected chi connectivity index (χ2v) is 6.29. The summed E-state index contributed by atoms with van der Waals surface area (Å²) in [5.41, 5.74) is 7.19. The number of alkyl halides is 1. The lowest BCUT2D eigenvalue weighted by molar-refractivity contribution is -0.114. The molecule has 1 aliphatic heterocycles. The van der Waals surface area contributed by atoms with E-state index in [1.165, 1.54) is 17.1 Å². The highest BCUT2D eigenvalue weighted by atomic mass is 19.1. The number of nitrogens with one attached hydrogen (secondary N) is 2. The first-order valence-electron chi connectivity index (χ1n) is 8.70. The zero-order valence-electron chi connectivity index (χ0n) is 15.8. The van der Waals surface area contributed by atoms with Crippen molar-refractivity contribution in [2.75, 3.05) is 5.01 Å². The molecule has 0 bridgehead atoms. The van der Waals surface area contributed by atoms with Crippen molar-refractivity contribution in [2.45, 2.75) is 20.5 Å². The Morgan fingerprint density at radius 3 is 2.66 bits per heavy atom. The van der Waals surface area contributed by atoms with Crippen molar-refractivity contribution in [1.29, 1.82) is 0 Å². The maximum Gasteiger partial charge on any atom is 0.282 e. The molecular formula is C20H18FN5O3. The molecule has 8 nitrogen and oxygen atoms in total. The summed E-state index contributed by atoms with van der Waals surface area (Å²) >= 11 is 0. The van der Waals surface area contributed by atoms with Crippen LogP contribution in [0.4, 0.5) is 15.8 Å². The maximum atomic E-state index is 12.9. The molecule has 2 N–H and O–H groups in total. The van der Waals surface area contributed by atoms with Gasteiger partial charge in [-0.25, -0.2) is 4.39 Å². The monoisotopic (exact) mass is 395 g/mol. The number of nitroso groups, excluding NO2 is 1. The number of hydrazine groups is 1. The van der Waals surface area contributed by atoms with Crippen molar-refractivity contribution in [2.24, 2.45) is 10.3 Å². The number of amides is 2. The molecule has 0 aliphatic carbocycles. The van der Waals surface area contributed by atoms with Crippen LogP contribution in [0.15, 0.2) is 70.1 Å². The molecule has 2 aromatic rings. The maximum absolute atomic E-state index is 12.9. The third-order valence-electron chi connectivity index (χ3n) is 4.31. The molecule has 0 aromatic heterocycles. The number of anilines is 1.